The summed E-state index contributed by atoms with van der Waals surface area (Å²) in [4.78, 5) is 16.8. The van der Waals surface area contributed by atoms with Crippen LogP contribution in [0.1, 0.15) is 30.4 Å². The average Bonchev–Trinajstić information content (AvgIpc) is 3.17. The molecular weight excluding hydrogens is 444 g/mol. The molecule has 2 aliphatic rings. The van der Waals surface area contributed by atoms with E-state index in [2.05, 4.69) is 20.9 Å². The predicted molar refractivity (Wildman–Crippen MR) is 108 cm³/mol. The number of halogens is 1. The molecule has 1 aliphatic heterocycles. The van der Waals surface area contributed by atoms with Gasteiger partial charge in [0.15, 0.2) is 5.75 Å². The standard InChI is InChI=1S/C20H21BrN2O4S/c21-19-18(5-2-10-22-19)27-20(24)15-8-11-23(12-9-15)28(25,26)17-7-6-14-3-1-4-16(14)13-17/h2,5-7,10,13,15H,1,3-4,8-9,11-12H2. The van der Waals surface area contributed by atoms with Gasteiger partial charge in [-0.05, 0) is 83.4 Å². The van der Waals surface area contributed by atoms with Crippen molar-refractivity contribution in [3.05, 3.63) is 52.3 Å². The number of aryl methyl sites for hydroxylation is 2. The van der Waals surface area contributed by atoms with Gasteiger partial charge in [0.05, 0.1) is 10.8 Å². The molecule has 2 aromatic rings. The number of piperidine rings is 1. The maximum atomic E-state index is 13.0. The van der Waals surface area contributed by atoms with E-state index in [0.717, 1.165) is 24.8 Å². The molecule has 0 saturated carbocycles. The van der Waals surface area contributed by atoms with Gasteiger partial charge in [0.2, 0.25) is 10.0 Å². The van der Waals surface area contributed by atoms with Gasteiger partial charge in [-0.3, -0.25) is 4.79 Å². The molecule has 6 nitrogen and oxygen atoms in total. The predicted octanol–water partition coefficient (Wildman–Crippen LogP) is 3.34. The Balaban J connectivity index is 1.41. The van der Waals surface area contributed by atoms with Crippen LogP contribution in [-0.2, 0) is 27.7 Å². The van der Waals surface area contributed by atoms with Gasteiger partial charge in [0.1, 0.15) is 4.60 Å². The smallest absolute Gasteiger partial charge is 0.314 e. The van der Waals surface area contributed by atoms with Crippen LogP contribution in [0.4, 0.5) is 0 Å². The number of carbonyl (C=O) groups excluding carboxylic acids is 1. The zero-order chi connectivity index (χ0) is 19.7. The molecule has 0 spiro atoms. The van der Waals surface area contributed by atoms with Gasteiger partial charge in [0.25, 0.3) is 0 Å². The lowest BCUT2D eigenvalue weighted by molar-refractivity contribution is -0.140. The van der Waals surface area contributed by atoms with Crippen molar-refractivity contribution < 1.29 is 17.9 Å². The molecule has 8 heteroatoms. The summed E-state index contributed by atoms with van der Waals surface area (Å²) >= 11 is 3.26. The molecule has 1 aliphatic carbocycles. The SMILES string of the molecule is O=C(Oc1cccnc1Br)C1CCN(S(=O)(=O)c2ccc3c(c2)CCC3)CC1. The zero-order valence-corrected chi connectivity index (χ0v) is 17.7. The quantitative estimate of drug-likeness (QED) is 0.512. The summed E-state index contributed by atoms with van der Waals surface area (Å²) in [5, 5.41) is 0. The summed E-state index contributed by atoms with van der Waals surface area (Å²) in [6.07, 6.45) is 5.54. The highest BCUT2D eigenvalue weighted by molar-refractivity contribution is 9.10. The van der Waals surface area contributed by atoms with E-state index in [0.29, 0.717) is 41.2 Å². The molecule has 2 heterocycles. The minimum Gasteiger partial charge on any atom is -0.423 e. The summed E-state index contributed by atoms with van der Waals surface area (Å²) in [7, 11) is -3.53. The van der Waals surface area contributed by atoms with E-state index in [1.165, 1.54) is 9.87 Å². The summed E-state index contributed by atoms with van der Waals surface area (Å²) in [5.41, 5.74) is 2.39. The molecule has 1 aromatic heterocycles. The van der Waals surface area contributed by atoms with Crippen LogP contribution < -0.4 is 4.74 Å². The first kappa shape index (κ1) is 19.5. The van der Waals surface area contributed by atoms with Crippen LogP contribution in [0, 0.1) is 5.92 Å². The highest BCUT2D eigenvalue weighted by atomic mass is 79.9. The van der Waals surface area contributed by atoms with Crippen LogP contribution in [0.2, 0.25) is 0 Å². The fourth-order valence-corrected chi connectivity index (χ4v) is 5.68. The molecule has 0 amide bonds. The first-order valence-corrected chi connectivity index (χ1v) is 11.6. The van der Waals surface area contributed by atoms with E-state index in [4.69, 9.17) is 4.74 Å². The second-order valence-corrected chi connectivity index (χ2v) is 9.86. The third kappa shape index (κ3) is 3.86. The number of hydrogen-bond acceptors (Lipinski definition) is 5. The number of hydrogen-bond donors (Lipinski definition) is 0. The second-order valence-electron chi connectivity index (χ2n) is 7.18. The molecule has 1 aromatic carbocycles. The Morgan fingerprint density at radius 2 is 1.89 bits per heavy atom. The lowest BCUT2D eigenvalue weighted by Gasteiger charge is -2.30. The molecule has 0 atom stereocenters. The summed E-state index contributed by atoms with van der Waals surface area (Å²) in [5.74, 6) is -0.289. The minimum absolute atomic E-state index is 0.313. The van der Waals surface area contributed by atoms with Gasteiger partial charge in [-0.25, -0.2) is 13.4 Å². The summed E-state index contributed by atoms with van der Waals surface area (Å²) < 4.78 is 33.4. The van der Waals surface area contributed by atoms with E-state index in [-0.39, 0.29) is 11.9 Å². The molecule has 0 radical (unpaired) electrons. The highest BCUT2D eigenvalue weighted by Gasteiger charge is 2.33. The van der Waals surface area contributed by atoms with Gasteiger partial charge < -0.3 is 4.74 Å². The van der Waals surface area contributed by atoms with Crippen LogP contribution >= 0.6 is 15.9 Å². The van der Waals surface area contributed by atoms with E-state index < -0.39 is 10.0 Å². The van der Waals surface area contributed by atoms with Crippen LogP contribution in [0.15, 0.2) is 46.0 Å². The molecule has 148 valence electrons. The topological polar surface area (TPSA) is 76.6 Å². The van der Waals surface area contributed by atoms with Gasteiger partial charge in [-0.2, -0.15) is 4.31 Å². The maximum absolute atomic E-state index is 13.0. The van der Waals surface area contributed by atoms with Crippen molar-refractivity contribution in [3.8, 4) is 5.75 Å². The second kappa shape index (κ2) is 7.93. The number of rotatable bonds is 4. The number of fused-ring (bicyclic) bond motifs is 1. The Kier molecular flexibility index (Phi) is 5.53. The van der Waals surface area contributed by atoms with E-state index in [9.17, 15) is 13.2 Å². The number of ether oxygens (including phenoxy) is 1. The monoisotopic (exact) mass is 464 g/mol. The Bertz CT molecular complexity index is 1000. The van der Waals surface area contributed by atoms with E-state index in [1.807, 2.05) is 12.1 Å². The lowest BCUT2D eigenvalue weighted by Crippen LogP contribution is -2.41. The number of aromatic nitrogens is 1. The number of sulfonamides is 1. The molecule has 4 rings (SSSR count). The number of esters is 1. The van der Waals surface area contributed by atoms with Crippen molar-refractivity contribution in [2.45, 2.75) is 37.0 Å². The average molecular weight is 465 g/mol. The lowest BCUT2D eigenvalue weighted by atomic mass is 9.98. The Morgan fingerprint density at radius 1 is 1.14 bits per heavy atom. The highest BCUT2D eigenvalue weighted by Crippen LogP contribution is 2.29. The fourth-order valence-electron chi connectivity index (χ4n) is 3.83. The van der Waals surface area contributed by atoms with Gasteiger partial charge in [-0.15, -0.1) is 0 Å². The Hall–Kier alpha value is -1.77. The normalized spacial score (nSPS) is 18.0. The minimum atomic E-state index is -3.53. The molecule has 28 heavy (non-hydrogen) atoms. The van der Waals surface area contributed by atoms with E-state index in [1.54, 1.807) is 24.4 Å². The summed E-state index contributed by atoms with van der Waals surface area (Å²) in [6, 6.07) is 8.82. The van der Waals surface area contributed by atoms with Crippen LogP contribution in [0.5, 0.6) is 5.75 Å². The molecule has 0 bridgehead atoms. The fraction of sp³-hybridized carbons (Fsp3) is 0.400. The third-order valence-electron chi connectivity index (χ3n) is 5.43. The van der Waals surface area contributed by atoms with Crippen LogP contribution in [0.3, 0.4) is 0 Å². The molecule has 1 saturated heterocycles. The molecule has 1 fully saturated rings. The first-order valence-electron chi connectivity index (χ1n) is 9.39. The van der Waals surface area contributed by atoms with Crippen LogP contribution in [-0.4, -0.2) is 36.8 Å². The van der Waals surface area contributed by atoms with Gasteiger partial charge in [0, 0.05) is 19.3 Å². The number of benzene rings is 1. The van der Waals surface area contributed by atoms with Crippen LogP contribution in [0.25, 0.3) is 0 Å². The van der Waals surface area contributed by atoms with Gasteiger partial charge in [-0.1, -0.05) is 6.07 Å². The third-order valence-corrected chi connectivity index (χ3v) is 7.92. The van der Waals surface area contributed by atoms with Crippen molar-refractivity contribution in [1.29, 1.82) is 0 Å². The van der Waals surface area contributed by atoms with Crippen molar-refractivity contribution in [1.82, 2.24) is 9.29 Å². The maximum Gasteiger partial charge on any atom is 0.314 e. The van der Waals surface area contributed by atoms with Gasteiger partial charge >= 0.3 is 5.97 Å². The number of nitrogens with zero attached hydrogens (tertiary/aromatic N) is 2. The number of carbonyl (C=O) groups is 1. The molecule has 0 N–H and O–H groups in total. The van der Waals surface area contributed by atoms with E-state index >= 15 is 0 Å². The largest absolute Gasteiger partial charge is 0.423 e. The zero-order valence-electron chi connectivity index (χ0n) is 15.3. The van der Waals surface area contributed by atoms with Crippen molar-refractivity contribution in [3.63, 3.8) is 0 Å². The molecular formula is C20H21BrN2O4S. The number of pyridine rings is 1. The Morgan fingerprint density at radius 3 is 2.64 bits per heavy atom. The summed E-state index contributed by atoms with van der Waals surface area (Å²) in [6.45, 7) is 0.626. The Labute approximate surface area is 173 Å². The van der Waals surface area contributed by atoms with Crippen molar-refractivity contribution in [2.75, 3.05) is 13.1 Å². The van der Waals surface area contributed by atoms with Crippen molar-refractivity contribution >= 4 is 31.9 Å². The molecule has 0 unspecified atom stereocenters. The van der Waals surface area contributed by atoms with Crippen molar-refractivity contribution in [2.24, 2.45) is 5.92 Å². The first-order chi connectivity index (χ1) is 13.4.